The molecular formula is C16H17BrN4O3. The number of rotatable bonds is 4. The lowest BCUT2D eigenvalue weighted by Gasteiger charge is -2.32. The number of hydrogen-bond donors (Lipinski definition) is 0. The van der Waals surface area contributed by atoms with Gasteiger partial charge in [0.15, 0.2) is 0 Å². The second-order valence-corrected chi connectivity index (χ2v) is 6.29. The van der Waals surface area contributed by atoms with Crippen LogP contribution in [0.1, 0.15) is 23.2 Å². The summed E-state index contributed by atoms with van der Waals surface area (Å²) in [6, 6.07) is 3.76. The smallest absolute Gasteiger partial charge is 0.316 e. The van der Waals surface area contributed by atoms with Gasteiger partial charge in [0.1, 0.15) is 11.7 Å². The van der Waals surface area contributed by atoms with E-state index in [1.807, 2.05) is 0 Å². The molecule has 1 fully saturated rings. The molecule has 0 bridgehead atoms. The summed E-state index contributed by atoms with van der Waals surface area (Å²) >= 11 is 3.29. The Labute approximate surface area is 148 Å². The summed E-state index contributed by atoms with van der Waals surface area (Å²) in [5, 5.41) is 0. The van der Waals surface area contributed by atoms with E-state index < -0.39 is 0 Å². The first kappa shape index (κ1) is 16.6. The van der Waals surface area contributed by atoms with Gasteiger partial charge in [-0.05, 0) is 40.9 Å². The Kier molecular flexibility index (Phi) is 5.24. The molecular weight excluding hydrogens is 376 g/mol. The number of likely N-dealkylation sites (tertiary alicyclic amines) is 1. The van der Waals surface area contributed by atoms with Gasteiger partial charge in [-0.25, -0.2) is 15.0 Å². The summed E-state index contributed by atoms with van der Waals surface area (Å²) in [5.74, 6) is 0.228. The number of ether oxygens (including phenoxy) is 2. The van der Waals surface area contributed by atoms with E-state index in [1.165, 1.54) is 7.11 Å². The van der Waals surface area contributed by atoms with Crippen molar-refractivity contribution < 1.29 is 14.3 Å². The summed E-state index contributed by atoms with van der Waals surface area (Å²) in [7, 11) is 1.51. The number of hydrogen-bond acceptors (Lipinski definition) is 6. The molecule has 8 heteroatoms. The topological polar surface area (TPSA) is 77.4 Å². The lowest BCUT2D eigenvalue weighted by molar-refractivity contribution is 0.0512. The predicted octanol–water partition coefficient (Wildman–Crippen LogP) is 2.33. The number of nitrogens with zero attached hydrogens (tertiary/aromatic N) is 4. The van der Waals surface area contributed by atoms with Gasteiger partial charge in [-0.1, -0.05) is 0 Å². The van der Waals surface area contributed by atoms with E-state index in [-0.39, 0.29) is 12.0 Å². The van der Waals surface area contributed by atoms with Gasteiger partial charge in [-0.15, -0.1) is 0 Å². The van der Waals surface area contributed by atoms with E-state index in [2.05, 4.69) is 30.9 Å². The predicted molar refractivity (Wildman–Crippen MR) is 90.1 cm³/mol. The van der Waals surface area contributed by atoms with Crippen molar-refractivity contribution in [1.29, 1.82) is 0 Å². The van der Waals surface area contributed by atoms with E-state index in [0.29, 0.717) is 30.5 Å². The fourth-order valence-corrected chi connectivity index (χ4v) is 2.82. The molecule has 7 nitrogen and oxygen atoms in total. The van der Waals surface area contributed by atoms with Crippen LogP contribution in [0, 0.1) is 0 Å². The van der Waals surface area contributed by atoms with Crippen LogP contribution in [-0.2, 0) is 0 Å². The number of carbonyl (C=O) groups excluding carboxylic acids is 1. The van der Waals surface area contributed by atoms with Gasteiger partial charge in [0.05, 0.1) is 18.1 Å². The monoisotopic (exact) mass is 392 g/mol. The van der Waals surface area contributed by atoms with Crippen LogP contribution in [0.2, 0.25) is 0 Å². The van der Waals surface area contributed by atoms with Crippen LogP contribution in [0.4, 0.5) is 0 Å². The van der Waals surface area contributed by atoms with E-state index >= 15 is 0 Å². The highest BCUT2D eigenvalue weighted by Crippen LogP contribution is 2.21. The zero-order chi connectivity index (χ0) is 16.9. The van der Waals surface area contributed by atoms with Crippen LogP contribution < -0.4 is 9.47 Å². The minimum Gasteiger partial charge on any atom is -0.480 e. The maximum atomic E-state index is 12.7. The molecule has 1 aliphatic heterocycles. The summed E-state index contributed by atoms with van der Waals surface area (Å²) in [6.45, 7) is 1.16. The standard InChI is InChI=1S/C16H17BrN4O3/c1-23-14-13(5-2-6-18-14)15(22)21-7-3-4-12(10-21)24-16-19-8-11(17)9-20-16/h2,5-6,8-9,12H,3-4,7,10H2,1H3. The first-order valence-electron chi connectivity index (χ1n) is 7.60. The van der Waals surface area contributed by atoms with Gasteiger partial charge in [0.25, 0.3) is 5.91 Å². The van der Waals surface area contributed by atoms with Crippen molar-refractivity contribution in [2.75, 3.05) is 20.2 Å². The van der Waals surface area contributed by atoms with Crippen molar-refractivity contribution in [3.63, 3.8) is 0 Å². The van der Waals surface area contributed by atoms with Gasteiger partial charge in [0.2, 0.25) is 5.88 Å². The molecule has 0 saturated carbocycles. The summed E-state index contributed by atoms with van der Waals surface area (Å²) in [6.07, 6.45) is 6.45. The summed E-state index contributed by atoms with van der Waals surface area (Å²) in [4.78, 5) is 26.8. The van der Waals surface area contributed by atoms with E-state index in [9.17, 15) is 4.79 Å². The molecule has 0 N–H and O–H groups in total. The molecule has 126 valence electrons. The van der Waals surface area contributed by atoms with Crippen molar-refractivity contribution in [2.45, 2.75) is 18.9 Å². The number of halogens is 1. The average Bonchev–Trinajstić information content (AvgIpc) is 2.63. The quantitative estimate of drug-likeness (QED) is 0.794. The summed E-state index contributed by atoms with van der Waals surface area (Å²) < 4.78 is 11.8. The number of pyridine rings is 1. The largest absolute Gasteiger partial charge is 0.480 e. The molecule has 1 saturated heterocycles. The van der Waals surface area contributed by atoms with Gasteiger partial charge < -0.3 is 14.4 Å². The van der Waals surface area contributed by atoms with Gasteiger partial charge in [-0.2, -0.15) is 0 Å². The first-order chi connectivity index (χ1) is 11.7. The highest BCUT2D eigenvalue weighted by Gasteiger charge is 2.28. The minimum absolute atomic E-state index is 0.107. The molecule has 0 aliphatic carbocycles. The Balaban J connectivity index is 1.68. The van der Waals surface area contributed by atoms with E-state index in [4.69, 9.17) is 9.47 Å². The molecule has 2 aromatic heterocycles. The van der Waals surface area contributed by atoms with E-state index in [1.54, 1.807) is 35.6 Å². The van der Waals surface area contributed by atoms with Crippen molar-refractivity contribution in [3.05, 3.63) is 40.8 Å². The number of amides is 1. The average molecular weight is 393 g/mol. The minimum atomic E-state index is -0.133. The van der Waals surface area contributed by atoms with Crippen LogP contribution in [0.15, 0.2) is 35.2 Å². The Morgan fingerprint density at radius 3 is 2.88 bits per heavy atom. The highest BCUT2D eigenvalue weighted by molar-refractivity contribution is 9.10. The lowest BCUT2D eigenvalue weighted by Crippen LogP contribution is -2.44. The molecule has 1 amide bonds. The number of methoxy groups -OCH3 is 1. The molecule has 3 heterocycles. The van der Waals surface area contributed by atoms with Gasteiger partial charge in [-0.3, -0.25) is 4.79 Å². The van der Waals surface area contributed by atoms with Crippen molar-refractivity contribution in [1.82, 2.24) is 19.9 Å². The number of carbonyl (C=O) groups is 1. The molecule has 1 atom stereocenters. The molecule has 0 radical (unpaired) electrons. The van der Waals surface area contributed by atoms with Crippen molar-refractivity contribution in [3.8, 4) is 11.9 Å². The Hall–Kier alpha value is -2.22. The number of piperidine rings is 1. The molecule has 0 spiro atoms. The van der Waals surface area contributed by atoms with Crippen LogP contribution >= 0.6 is 15.9 Å². The lowest BCUT2D eigenvalue weighted by atomic mass is 10.1. The SMILES string of the molecule is COc1ncccc1C(=O)N1CCCC(Oc2ncc(Br)cn2)C1. The normalized spacial score (nSPS) is 17.4. The molecule has 1 unspecified atom stereocenters. The molecule has 2 aromatic rings. The second-order valence-electron chi connectivity index (χ2n) is 5.38. The van der Waals surface area contributed by atoms with Gasteiger partial charge in [0, 0.05) is 25.1 Å². The maximum absolute atomic E-state index is 12.7. The van der Waals surface area contributed by atoms with Crippen molar-refractivity contribution in [2.24, 2.45) is 0 Å². The van der Waals surface area contributed by atoms with Crippen LogP contribution in [0.3, 0.4) is 0 Å². The molecule has 1 aliphatic rings. The summed E-state index contributed by atoms with van der Waals surface area (Å²) in [5.41, 5.74) is 0.459. The third-order valence-corrected chi connectivity index (χ3v) is 4.14. The Bertz CT molecular complexity index is 711. The Morgan fingerprint density at radius 2 is 2.12 bits per heavy atom. The third-order valence-electron chi connectivity index (χ3n) is 3.73. The Morgan fingerprint density at radius 1 is 1.33 bits per heavy atom. The zero-order valence-electron chi connectivity index (χ0n) is 13.2. The fourth-order valence-electron chi connectivity index (χ4n) is 2.62. The van der Waals surface area contributed by atoms with Crippen LogP contribution in [-0.4, -0.2) is 52.1 Å². The van der Waals surface area contributed by atoms with Crippen LogP contribution in [0.25, 0.3) is 0 Å². The number of aromatic nitrogens is 3. The zero-order valence-corrected chi connectivity index (χ0v) is 14.8. The highest BCUT2D eigenvalue weighted by atomic mass is 79.9. The molecule has 24 heavy (non-hydrogen) atoms. The maximum Gasteiger partial charge on any atom is 0.316 e. The second kappa shape index (κ2) is 7.57. The molecule has 3 rings (SSSR count). The molecule has 0 aromatic carbocycles. The van der Waals surface area contributed by atoms with E-state index in [0.717, 1.165) is 17.3 Å². The first-order valence-corrected chi connectivity index (χ1v) is 8.39. The van der Waals surface area contributed by atoms with Crippen molar-refractivity contribution >= 4 is 21.8 Å². The fraction of sp³-hybridized carbons (Fsp3) is 0.375. The third kappa shape index (κ3) is 3.81. The van der Waals surface area contributed by atoms with Crippen LogP contribution in [0.5, 0.6) is 11.9 Å². The van der Waals surface area contributed by atoms with Gasteiger partial charge >= 0.3 is 6.01 Å².